The summed E-state index contributed by atoms with van der Waals surface area (Å²) in [6.45, 7) is 9.55. The van der Waals surface area contributed by atoms with Crippen LogP contribution in [0.15, 0.2) is 54.9 Å². The molecule has 0 unspecified atom stereocenters. The summed E-state index contributed by atoms with van der Waals surface area (Å²) in [6.07, 6.45) is 5.89. The minimum atomic E-state index is 0.0982. The van der Waals surface area contributed by atoms with Gasteiger partial charge in [-0.15, -0.1) is 0 Å². The molecule has 2 aromatic carbocycles. The number of amides is 1. The van der Waals surface area contributed by atoms with Gasteiger partial charge in [0.15, 0.2) is 5.82 Å². The highest BCUT2D eigenvalue weighted by Gasteiger charge is 2.24. The van der Waals surface area contributed by atoms with E-state index in [9.17, 15) is 4.79 Å². The van der Waals surface area contributed by atoms with Crippen LogP contribution < -0.4 is 9.80 Å². The summed E-state index contributed by atoms with van der Waals surface area (Å²) in [6, 6.07) is 14.3. The van der Waals surface area contributed by atoms with Crippen LogP contribution in [0.2, 0.25) is 0 Å². The zero-order chi connectivity index (χ0) is 22.8. The molecular weight excluding hydrogens is 410 g/mol. The van der Waals surface area contributed by atoms with E-state index in [0.717, 1.165) is 61.9 Å². The second-order valence-corrected chi connectivity index (χ2v) is 9.00. The smallest absolute Gasteiger partial charge is 0.253 e. The third-order valence-electron chi connectivity index (χ3n) is 6.97. The van der Waals surface area contributed by atoms with Crippen molar-refractivity contribution in [1.82, 2.24) is 14.9 Å². The molecule has 1 amide bonds. The Hall–Kier alpha value is -3.41. The monoisotopic (exact) mass is 441 g/mol. The number of nitrogens with zero attached hydrogens (tertiary/aromatic N) is 5. The highest BCUT2D eigenvalue weighted by atomic mass is 16.2. The number of anilines is 2. The molecule has 2 aliphatic heterocycles. The number of hydrogen-bond donors (Lipinski definition) is 0. The first-order valence-corrected chi connectivity index (χ1v) is 11.9. The van der Waals surface area contributed by atoms with Crippen LogP contribution in [-0.4, -0.2) is 60.0 Å². The first-order valence-electron chi connectivity index (χ1n) is 11.9. The Labute approximate surface area is 195 Å². The normalized spacial score (nSPS) is 16.4. The van der Waals surface area contributed by atoms with Gasteiger partial charge in [-0.25, -0.2) is 4.98 Å². The van der Waals surface area contributed by atoms with Gasteiger partial charge in [0.05, 0.1) is 0 Å². The van der Waals surface area contributed by atoms with Crippen molar-refractivity contribution >= 4 is 17.4 Å². The predicted octanol–water partition coefficient (Wildman–Crippen LogP) is 4.32. The molecule has 0 N–H and O–H groups in total. The van der Waals surface area contributed by atoms with Crippen molar-refractivity contribution < 1.29 is 4.79 Å². The summed E-state index contributed by atoms with van der Waals surface area (Å²) in [7, 11) is 0. The lowest BCUT2D eigenvalue weighted by atomic mass is 10.1. The van der Waals surface area contributed by atoms with E-state index in [0.29, 0.717) is 0 Å². The number of aryl methyl sites for hydroxylation is 1. The molecular formula is C27H31N5O. The molecule has 1 aromatic heterocycles. The van der Waals surface area contributed by atoms with Crippen LogP contribution in [0.3, 0.4) is 0 Å². The lowest BCUT2D eigenvalue weighted by molar-refractivity contribution is 0.0747. The van der Waals surface area contributed by atoms with Crippen LogP contribution in [0, 0.1) is 13.8 Å². The van der Waals surface area contributed by atoms with Crippen LogP contribution in [0.25, 0.3) is 11.3 Å². The minimum Gasteiger partial charge on any atom is -0.368 e. The molecule has 6 heteroatoms. The van der Waals surface area contributed by atoms with Gasteiger partial charge in [0, 0.05) is 68.5 Å². The third-order valence-corrected chi connectivity index (χ3v) is 6.97. The lowest BCUT2D eigenvalue weighted by Gasteiger charge is -2.37. The van der Waals surface area contributed by atoms with E-state index in [2.05, 4.69) is 51.8 Å². The average molecular weight is 442 g/mol. The van der Waals surface area contributed by atoms with Gasteiger partial charge < -0.3 is 14.7 Å². The van der Waals surface area contributed by atoms with E-state index in [4.69, 9.17) is 0 Å². The first-order chi connectivity index (χ1) is 16.1. The zero-order valence-electron chi connectivity index (χ0n) is 19.5. The quantitative estimate of drug-likeness (QED) is 0.603. The van der Waals surface area contributed by atoms with E-state index in [1.807, 2.05) is 29.2 Å². The van der Waals surface area contributed by atoms with E-state index >= 15 is 0 Å². The van der Waals surface area contributed by atoms with Crippen molar-refractivity contribution in [3.05, 3.63) is 71.5 Å². The average Bonchev–Trinajstić information content (AvgIpc) is 3.41. The fourth-order valence-corrected chi connectivity index (χ4v) is 4.88. The molecule has 33 heavy (non-hydrogen) atoms. The van der Waals surface area contributed by atoms with Gasteiger partial charge in [0.25, 0.3) is 5.91 Å². The molecule has 6 nitrogen and oxygen atoms in total. The first kappa shape index (κ1) is 21.4. The molecule has 0 spiro atoms. The Morgan fingerprint density at radius 2 is 1.48 bits per heavy atom. The molecule has 0 aliphatic carbocycles. The predicted molar refractivity (Wildman–Crippen MR) is 133 cm³/mol. The summed E-state index contributed by atoms with van der Waals surface area (Å²) in [5.74, 6) is 1.04. The standard InChI is InChI=1S/C27H31N5O/c1-20-6-5-7-24(21(20)2)30-16-18-32(19-17-30)27(33)23-10-8-22(9-11-23)25-26(29-13-12-28-25)31-14-3-4-15-31/h5-13H,3-4,14-19H2,1-2H3. The van der Waals surface area contributed by atoms with Crippen molar-refractivity contribution in [1.29, 1.82) is 0 Å². The molecule has 2 aliphatic rings. The molecule has 0 bridgehead atoms. The highest BCUT2D eigenvalue weighted by molar-refractivity contribution is 5.95. The molecule has 0 radical (unpaired) electrons. The second-order valence-electron chi connectivity index (χ2n) is 9.00. The molecule has 2 saturated heterocycles. The molecule has 3 aromatic rings. The summed E-state index contributed by atoms with van der Waals surface area (Å²) in [5.41, 5.74) is 6.53. The van der Waals surface area contributed by atoms with Crippen molar-refractivity contribution in [3.63, 3.8) is 0 Å². The van der Waals surface area contributed by atoms with Crippen molar-refractivity contribution in [2.45, 2.75) is 26.7 Å². The van der Waals surface area contributed by atoms with Gasteiger partial charge in [-0.2, -0.15) is 0 Å². The maximum Gasteiger partial charge on any atom is 0.253 e. The molecule has 0 saturated carbocycles. The topological polar surface area (TPSA) is 52.6 Å². The van der Waals surface area contributed by atoms with E-state index in [-0.39, 0.29) is 5.91 Å². The van der Waals surface area contributed by atoms with Crippen LogP contribution in [0.4, 0.5) is 11.5 Å². The van der Waals surface area contributed by atoms with Crippen molar-refractivity contribution in [2.75, 3.05) is 49.1 Å². The summed E-state index contributed by atoms with van der Waals surface area (Å²) in [4.78, 5) is 29.0. The maximum atomic E-state index is 13.2. The molecule has 5 rings (SSSR count). The fourth-order valence-electron chi connectivity index (χ4n) is 4.88. The van der Waals surface area contributed by atoms with Crippen molar-refractivity contribution in [3.8, 4) is 11.3 Å². The molecule has 3 heterocycles. The number of piperazine rings is 1. The Kier molecular flexibility index (Phi) is 5.99. The number of rotatable bonds is 4. The molecule has 2 fully saturated rings. The second kappa shape index (κ2) is 9.22. The number of carbonyl (C=O) groups excluding carboxylic acids is 1. The molecule has 170 valence electrons. The summed E-state index contributed by atoms with van der Waals surface area (Å²) < 4.78 is 0. The lowest BCUT2D eigenvalue weighted by Crippen LogP contribution is -2.49. The number of aromatic nitrogens is 2. The van der Waals surface area contributed by atoms with Gasteiger partial charge >= 0.3 is 0 Å². The van der Waals surface area contributed by atoms with E-state index < -0.39 is 0 Å². The summed E-state index contributed by atoms with van der Waals surface area (Å²) >= 11 is 0. The van der Waals surface area contributed by atoms with Gasteiger partial charge in [-0.3, -0.25) is 9.78 Å². The maximum absolute atomic E-state index is 13.2. The van der Waals surface area contributed by atoms with E-state index in [1.165, 1.54) is 29.7 Å². The van der Waals surface area contributed by atoms with Crippen LogP contribution in [0.5, 0.6) is 0 Å². The van der Waals surface area contributed by atoms with Crippen LogP contribution in [-0.2, 0) is 0 Å². The molecule has 0 atom stereocenters. The Bertz CT molecular complexity index is 1130. The fraction of sp³-hybridized carbons (Fsp3) is 0.370. The number of benzene rings is 2. The van der Waals surface area contributed by atoms with Crippen LogP contribution >= 0.6 is 0 Å². The van der Waals surface area contributed by atoms with E-state index in [1.54, 1.807) is 12.4 Å². The number of hydrogen-bond acceptors (Lipinski definition) is 5. The Balaban J connectivity index is 1.27. The largest absolute Gasteiger partial charge is 0.368 e. The van der Waals surface area contributed by atoms with Gasteiger partial charge in [-0.1, -0.05) is 24.3 Å². The van der Waals surface area contributed by atoms with Crippen LogP contribution in [0.1, 0.15) is 34.3 Å². The number of carbonyl (C=O) groups is 1. The van der Waals surface area contributed by atoms with Gasteiger partial charge in [0.1, 0.15) is 5.69 Å². The SMILES string of the molecule is Cc1cccc(N2CCN(C(=O)c3ccc(-c4nccnc4N4CCCC4)cc3)CC2)c1C. The van der Waals surface area contributed by atoms with Gasteiger partial charge in [0.2, 0.25) is 0 Å². The van der Waals surface area contributed by atoms with Crippen molar-refractivity contribution in [2.24, 2.45) is 0 Å². The van der Waals surface area contributed by atoms with Gasteiger partial charge in [-0.05, 0) is 56.0 Å². The third kappa shape index (κ3) is 4.30. The Morgan fingerprint density at radius 1 is 0.788 bits per heavy atom. The minimum absolute atomic E-state index is 0.0982. The highest BCUT2D eigenvalue weighted by Crippen LogP contribution is 2.29. The summed E-state index contributed by atoms with van der Waals surface area (Å²) in [5, 5.41) is 0. The Morgan fingerprint density at radius 3 is 2.21 bits per heavy atom. The zero-order valence-corrected chi connectivity index (χ0v) is 19.5.